The lowest BCUT2D eigenvalue weighted by molar-refractivity contribution is 0.200. The highest BCUT2D eigenvalue weighted by Gasteiger charge is 2.31. The normalized spacial score (nSPS) is 25.2. The Labute approximate surface area is 134 Å². The van der Waals surface area contributed by atoms with Crippen LogP contribution in [0.25, 0.3) is 0 Å². The van der Waals surface area contributed by atoms with Gasteiger partial charge in [0.25, 0.3) is 0 Å². The average molecular weight is 350 g/mol. The molecule has 0 saturated carbocycles. The Morgan fingerprint density at radius 1 is 1.10 bits per heavy atom. The summed E-state index contributed by atoms with van der Waals surface area (Å²) in [5.74, 6) is 2.35. The minimum atomic E-state index is 0.378. The fraction of sp³-hybridized carbons (Fsp3) is 0.412. The van der Waals surface area contributed by atoms with Crippen LogP contribution in [0.3, 0.4) is 0 Å². The maximum atomic E-state index is 5.45. The van der Waals surface area contributed by atoms with E-state index in [0.29, 0.717) is 12.0 Å². The number of hydrogen-bond acceptors (Lipinski definition) is 3. The van der Waals surface area contributed by atoms with Crippen molar-refractivity contribution in [2.75, 3.05) is 20.8 Å². The number of ether oxygens (including phenoxy) is 2. The van der Waals surface area contributed by atoms with Gasteiger partial charge < -0.3 is 14.8 Å². The molecule has 112 valence electrons. The molecule has 1 heterocycles. The minimum absolute atomic E-state index is 0.378. The van der Waals surface area contributed by atoms with Crippen molar-refractivity contribution >= 4 is 15.9 Å². The molecule has 4 heteroatoms. The van der Waals surface area contributed by atoms with E-state index < -0.39 is 0 Å². The molecule has 1 aromatic carbocycles. The molecule has 2 unspecified atom stereocenters. The number of halogens is 1. The maximum Gasteiger partial charge on any atom is 0.156 e. The van der Waals surface area contributed by atoms with Crippen molar-refractivity contribution in [3.63, 3.8) is 0 Å². The molecule has 21 heavy (non-hydrogen) atoms. The van der Waals surface area contributed by atoms with E-state index in [9.17, 15) is 0 Å². The average Bonchev–Trinajstić information content (AvgIpc) is 2.53. The van der Waals surface area contributed by atoms with E-state index in [1.165, 1.54) is 11.1 Å². The van der Waals surface area contributed by atoms with Crippen molar-refractivity contribution in [1.29, 1.82) is 0 Å². The van der Waals surface area contributed by atoms with E-state index in [1.54, 1.807) is 14.2 Å². The van der Waals surface area contributed by atoms with Gasteiger partial charge in [-0.25, -0.2) is 0 Å². The molecule has 1 N–H and O–H groups in total. The smallest absolute Gasteiger partial charge is 0.156 e. The molecule has 2 aliphatic rings. The van der Waals surface area contributed by atoms with Gasteiger partial charge in [0.2, 0.25) is 0 Å². The Hall–Kier alpha value is -1.26. The number of fused-ring (bicyclic) bond motifs is 1. The molecule has 0 bridgehead atoms. The fourth-order valence-corrected chi connectivity index (χ4v) is 3.40. The lowest BCUT2D eigenvalue weighted by Crippen LogP contribution is -2.36. The molecule has 0 spiro atoms. The topological polar surface area (TPSA) is 30.5 Å². The second-order valence-electron chi connectivity index (χ2n) is 5.53. The van der Waals surface area contributed by atoms with Gasteiger partial charge in [-0.2, -0.15) is 0 Å². The van der Waals surface area contributed by atoms with Gasteiger partial charge in [-0.15, -0.1) is 0 Å². The molecule has 1 aliphatic carbocycles. The van der Waals surface area contributed by atoms with E-state index in [-0.39, 0.29) is 0 Å². The van der Waals surface area contributed by atoms with Gasteiger partial charge in [-0.1, -0.05) is 33.6 Å². The zero-order chi connectivity index (χ0) is 14.8. The van der Waals surface area contributed by atoms with Crippen LogP contribution in [-0.2, 0) is 9.47 Å². The third kappa shape index (κ3) is 3.01. The van der Waals surface area contributed by atoms with Crippen molar-refractivity contribution in [3.05, 3.63) is 57.5 Å². The number of benzene rings is 1. The first-order valence-corrected chi connectivity index (χ1v) is 8.01. The summed E-state index contributed by atoms with van der Waals surface area (Å²) < 4.78 is 12.0. The quantitative estimate of drug-likeness (QED) is 0.896. The summed E-state index contributed by atoms with van der Waals surface area (Å²) in [5, 5.41) is 3.66. The number of hydrogen-bond donors (Lipinski definition) is 1. The Bertz CT molecular complexity index is 577. The zero-order valence-corrected chi connectivity index (χ0v) is 13.9. The number of methoxy groups -OCH3 is 2. The summed E-state index contributed by atoms with van der Waals surface area (Å²) >= 11 is 3.49. The number of rotatable bonds is 3. The predicted octanol–water partition coefficient (Wildman–Crippen LogP) is 3.93. The van der Waals surface area contributed by atoms with Crippen LogP contribution in [0.1, 0.15) is 24.4 Å². The third-order valence-electron chi connectivity index (χ3n) is 4.34. The largest absolute Gasteiger partial charge is 0.497 e. The number of nitrogens with one attached hydrogen (secondary N) is 1. The molecule has 3 nitrogen and oxygen atoms in total. The van der Waals surface area contributed by atoms with Crippen molar-refractivity contribution in [1.82, 2.24) is 5.32 Å². The van der Waals surface area contributed by atoms with Gasteiger partial charge in [-0.05, 0) is 36.1 Å². The Balaban J connectivity index is 1.82. The van der Waals surface area contributed by atoms with Gasteiger partial charge >= 0.3 is 0 Å². The first-order chi connectivity index (χ1) is 10.2. The van der Waals surface area contributed by atoms with Gasteiger partial charge in [0.15, 0.2) is 5.76 Å². The standard InChI is InChI=1S/C17H20BrNO2/c1-20-16-8-12-7-15(11-3-5-14(18)6-4-11)19-10-13(12)9-17(16)21-2/h3-6,8,13,15,19H,7,9-10H2,1-2H3. The Kier molecular flexibility index (Phi) is 4.36. The zero-order valence-electron chi connectivity index (χ0n) is 12.4. The summed E-state index contributed by atoms with van der Waals surface area (Å²) in [4.78, 5) is 0. The van der Waals surface area contributed by atoms with Gasteiger partial charge in [0.1, 0.15) is 5.76 Å². The van der Waals surface area contributed by atoms with Crippen LogP contribution in [-0.4, -0.2) is 20.8 Å². The van der Waals surface area contributed by atoms with Crippen LogP contribution in [0.15, 0.2) is 51.9 Å². The lowest BCUT2D eigenvalue weighted by Gasteiger charge is -2.35. The van der Waals surface area contributed by atoms with Crippen LogP contribution < -0.4 is 5.32 Å². The van der Waals surface area contributed by atoms with Gasteiger partial charge in [0, 0.05) is 23.5 Å². The molecule has 1 fully saturated rings. The second-order valence-corrected chi connectivity index (χ2v) is 6.45. The highest BCUT2D eigenvalue weighted by molar-refractivity contribution is 9.10. The van der Waals surface area contributed by atoms with E-state index in [4.69, 9.17) is 9.47 Å². The number of allylic oxidation sites excluding steroid dienone is 2. The van der Waals surface area contributed by atoms with Crippen molar-refractivity contribution in [2.24, 2.45) is 5.92 Å². The van der Waals surface area contributed by atoms with E-state index in [2.05, 4.69) is 51.6 Å². The molecule has 1 aliphatic heterocycles. The molecule has 1 aromatic rings. The molecule has 1 saturated heterocycles. The van der Waals surface area contributed by atoms with Crippen LogP contribution >= 0.6 is 15.9 Å². The molecule has 0 aromatic heterocycles. The molecule has 0 amide bonds. The van der Waals surface area contributed by atoms with Crippen molar-refractivity contribution in [2.45, 2.75) is 18.9 Å². The molecule has 0 radical (unpaired) electrons. The van der Waals surface area contributed by atoms with Gasteiger partial charge in [0.05, 0.1) is 14.2 Å². The Morgan fingerprint density at radius 2 is 1.86 bits per heavy atom. The molecule has 2 atom stereocenters. The molecule has 3 rings (SSSR count). The number of piperidine rings is 1. The van der Waals surface area contributed by atoms with Crippen LogP contribution in [0, 0.1) is 5.92 Å². The van der Waals surface area contributed by atoms with Crippen LogP contribution in [0.5, 0.6) is 0 Å². The summed E-state index contributed by atoms with van der Waals surface area (Å²) in [7, 11) is 3.42. The lowest BCUT2D eigenvalue weighted by atomic mass is 9.81. The molecular weight excluding hydrogens is 330 g/mol. The van der Waals surface area contributed by atoms with Gasteiger partial charge in [-0.3, -0.25) is 0 Å². The van der Waals surface area contributed by atoms with E-state index in [0.717, 1.165) is 35.4 Å². The SMILES string of the molecule is COC1=C(OC)CC2CNC(c3ccc(Br)cc3)CC2=C1. The first-order valence-electron chi connectivity index (χ1n) is 7.21. The monoisotopic (exact) mass is 349 g/mol. The first kappa shape index (κ1) is 14.7. The van der Waals surface area contributed by atoms with Crippen LogP contribution in [0.4, 0.5) is 0 Å². The van der Waals surface area contributed by atoms with Crippen molar-refractivity contribution in [3.8, 4) is 0 Å². The van der Waals surface area contributed by atoms with E-state index in [1.807, 2.05) is 0 Å². The minimum Gasteiger partial charge on any atom is -0.497 e. The Morgan fingerprint density at radius 3 is 2.52 bits per heavy atom. The summed E-state index contributed by atoms with van der Waals surface area (Å²) in [5.41, 5.74) is 2.79. The summed E-state index contributed by atoms with van der Waals surface area (Å²) in [6, 6.07) is 8.94. The summed E-state index contributed by atoms with van der Waals surface area (Å²) in [6.45, 7) is 0.983. The fourth-order valence-electron chi connectivity index (χ4n) is 3.13. The third-order valence-corrected chi connectivity index (χ3v) is 4.87. The van der Waals surface area contributed by atoms with Crippen molar-refractivity contribution < 1.29 is 9.47 Å². The predicted molar refractivity (Wildman–Crippen MR) is 86.7 cm³/mol. The second kappa shape index (κ2) is 6.24. The highest BCUT2D eigenvalue weighted by Crippen LogP contribution is 2.38. The van der Waals surface area contributed by atoms with Crippen LogP contribution in [0.2, 0.25) is 0 Å². The maximum absolute atomic E-state index is 5.45. The summed E-state index contributed by atoms with van der Waals surface area (Å²) in [6.07, 6.45) is 4.11. The molecular formula is C17H20BrNO2. The van der Waals surface area contributed by atoms with E-state index >= 15 is 0 Å². The highest BCUT2D eigenvalue weighted by atomic mass is 79.9.